The topological polar surface area (TPSA) is 63.3 Å². The van der Waals surface area contributed by atoms with Crippen LogP contribution < -0.4 is 0 Å². The fourth-order valence-electron chi connectivity index (χ4n) is 2.02. The standard InChI is InChI=1S/C12H8F3NO3/c13-12(14,15)5-1-2-9-8(3-5)16-10(19-9)6-4-7(6)11(17)18/h1-3,6-7H,4H2,(H,17,18). The summed E-state index contributed by atoms with van der Waals surface area (Å²) in [5.74, 6) is -1.63. The van der Waals surface area contributed by atoms with E-state index >= 15 is 0 Å². The minimum Gasteiger partial charge on any atom is -0.481 e. The second kappa shape index (κ2) is 3.72. The fourth-order valence-corrected chi connectivity index (χ4v) is 2.02. The van der Waals surface area contributed by atoms with E-state index in [1.54, 1.807) is 0 Å². The van der Waals surface area contributed by atoms with Gasteiger partial charge in [0.1, 0.15) is 5.52 Å². The van der Waals surface area contributed by atoms with E-state index in [0.717, 1.165) is 12.1 Å². The molecule has 2 unspecified atom stereocenters. The quantitative estimate of drug-likeness (QED) is 0.911. The van der Waals surface area contributed by atoms with Crippen molar-refractivity contribution in [2.24, 2.45) is 5.92 Å². The van der Waals surface area contributed by atoms with Crippen LogP contribution in [0, 0.1) is 5.92 Å². The second-order valence-electron chi connectivity index (χ2n) is 4.52. The zero-order valence-corrected chi connectivity index (χ0v) is 9.44. The van der Waals surface area contributed by atoms with E-state index < -0.39 is 23.6 Å². The molecule has 4 nitrogen and oxygen atoms in total. The first-order chi connectivity index (χ1) is 8.86. The molecule has 1 heterocycles. The first-order valence-electron chi connectivity index (χ1n) is 5.57. The molecule has 19 heavy (non-hydrogen) atoms. The van der Waals surface area contributed by atoms with E-state index in [1.807, 2.05) is 0 Å². The molecular weight excluding hydrogens is 263 g/mol. The lowest BCUT2D eigenvalue weighted by Crippen LogP contribution is -2.04. The number of aromatic nitrogens is 1. The molecule has 3 rings (SSSR count). The van der Waals surface area contributed by atoms with Gasteiger partial charge in [0.15, 0.2) is 11.5 Å². The Hall–Kier alpha value is -2.05. The van der Waals surface area contributed by atoms with Gasteiger partial charge < -0.3 is 9.52 Å². The number of oxazole rings is 1. The number of benzene rings is 1. The monoisotopic (exact) mass is 271 g/mol. The van der Waals surface area contributed by atoms with E-state index in [9.17, 15) is 18.0 Å². The number of carboxylic acids is 1. The van der Waals surface area contributed by atoms with E-state index in [-0.39, 0.29) is 22.9 Å². The third-order valence-electron chi connectivity index (χ3n) is 3.16. The third-order valence-corrected chi connectivity index (χ3v) is 3.16. The van der Waals surface area contributed by atoms with Crippen LogP contribution >= 0.6 is 0 Å². The lowest BCUT2D eigenvalue weighted by atomic mass is 10.2. The number of halogens is 3. The van der Waals surface area contributed by atoms with Gasteiger partial charge in [-0.2, -0.15) is 13.2 Å². The number of hydrogen-bond acceptors (Lipinski definition) is 3. The summed E-state index contributed by atoms with van der Waals surface area (Å²) in [6.45, 7) is 0. The van der Waals surface area contributed by atoms with Crippen molar-refractivity contribution >= 4 is 17.1 Å². The summed E-state index contributed by atoms with van der Waals surface area (Å²) >= 11 is 0. The average Bonchev–Trinajstić information content (AvgIpc) is 3.00. The molecule has 0 radical (unpaired) electrons. The summed E-state index contributed by atoms with van der Waals surface area (Å²) < 4.78 is 42.9. The molecule has 1 aliphatic rings. The Kier molecular flexibility index (Phi) is 2.35. The summed E-state index contributed by atoms with van der Waals surface area (Å²) in [7, 11) is 0. The van der Waals surface area contributed by atoms with Crippen molar-refractivity contribution < 1.29 is 27.5 Å². The molecule has 7 heteroatoms. The molecule has 0 spiro atoms. The van der Waals surface area contributed by atoms with Crippen LogP contribution in [0.5, 0.6) is 0 Å². The second-order valence-corrected chi connectivity index (χ2v) is 4.52. The Morgan fingerprint density at radius 2 is 2.16 bits per heavy atom. The fraction of sp³-hybridized carbons (Fsp3) is 0.333. The minimum absolute atomic E-state index is 0.0980. The summed E-state index contributed by atoms with van der Waals surface area (Å²) in [5, 5.41) is 8.79. The SMILES string of the molecule is O=C(O)C1CC1c1nc2cc(C(F)(F)F)ccc2o1. The number of aliphatic carboxylic acids is 1. The average molecular weight is 271 g/mol. The maximum atomic E-state index is 12.5. The van der Waals surface area contributed by atoms with Crippen molar-refractivity contribution in [3.63, 3.8) is 0 Å². The number of carbonyl (C=O) groups is 1. The molecule has 0 amide bonds. The third kappa shape index (κ3) is 2.05. The number of rotatable bonds is 2. The molecule has 100 valence electrons. The van der Waals surface area contributed by atoms with Gasteiger partial charge >= 0.3 is 12.1 Å². The van der Waals surface area contributed by atoms with Crippen LogP contribution in [0.1, 0.15) is 23.8 Å². The lowest BCUT2D eigenvalue weighted by molar-refractivity contribution is -0.139. The van der Waals surface area contributed by atoms with E-state index in [2.05, 4.69) is 4.98 Å². The van der Waals surface area contributed by atoms with Crippen molar-refractivity contribution in [1.29, 1.82) is 0 Å². The molecule has 0 aliphatic heterocycles. The summed E-state index contributed by atoms with van der Waals surface area (Å²) in [5.41, 5.74) is -0.467. The minimum atomic E-state index is -4.43. The Morgan fingerprint density at radius 1 is 1.42 bits per heavy atom. The van der Waals surface area contributed by atoms with Gasteiger partial charge in [-0.05, 0) is 24.6 Å². The van der Waals surface area contributed by atoms with Crippen LogP contribution in [0.3, 0.4) is 0 Å². The van der Waals surface area contributed by atoms with Crippen molar-refractivity contribution in [2.45, 2.75) is 18.5 Å². The van der Waals surface area contributed by atoms with Crippen molar-refractivity contribution in [2.75, 3.05) is 0 Å². The molecular formula is C12H8F3NO3. The van der Waals surface area contributed by atoms with Crippen molar-refractivity contribution in [1.82, 2.24) is 4.98 Å². The van der Waals surface area contributed by atoms with E-state index in [4.69, 9.17) is 9.52 Å². The molecule has 0 bridgehead atoms. The number of fused-ring (bicyclic) bond motifs is 1. The van der Waals surface area contributed by atoms with Gasteiger partial charge in [-0.3, -0.25) is 4.79 Å². The van der Waals surface area contributed by atoms with Crippen LogP contribution in [0.15, 0.2) is 22.6 Å². The van der Waals surface area contributed by atoms with Crippen LogP contribution in [-0.2, 0) is 11.0 Å². The van der Waals surface area contributed by atoms with Crippen LogP contribution in [0.25, 0.3) is 11.1 Å². The molecule has 1 N–H and O–H groups in total. The first kappa shape index (κ1) is 12.0. The van der Waals surface area contributed by atoms with Crippen LogP contribution in [0.4, 0.5) is 13.2 Å². The van der Waals surface area contributed by atoms with Gasteiger partial charge in [-0.15, -0.1) is 0 Å². The van der Waals surface area contributed by atoms with Crippen molar-refractivity contribution in [3.8, 4) is 0 Å². The highest BCUT2D eigenvalue weighted by Crippen LogP contribution is 2.47. The molecule has 1 saturated carbocycles. The predicted octanol–water partition coefficient (Wildman–Crippen LogP) is 3.03. The highest BCUT2D eigenvalue weighted by Gasteiger charge is 2.47. The molecule has 2 atom stereocenters. The van der Waals surface area contributed by atoms with Gasteiger partial charge in [0.25, 0.3) is 0 Å². The highest BCUT2D eigenvalue weighted by atomic mass is 19.4. The summed E-state index contributed by atoms with van der Waals surface area (Å²) in [4.78, 5) is 14.7. The van der Waals surface area contributed by atoms with Gasteiger partial charge in [-0.25, -0.2) is 4.98 Å². The van der Waals surface area contributed by atoms with E-state index in [1.165, 1.54) is 6.07 Å². The number of alkyl halides is 3. The number of nitrogens with zero attached hydrogens (tertiary/aromatic N) is 1. The maximum Gasteiger partial charge on any atom is 0.416 e. The molecule has 1 aromatic heterocycles. The highest BCUT2D eigenvalue weighted by molar-refractivity contribution is 5.76. The molecule has 1 fully saturated rings. The Balaban J connectivity index is 1.96. The Labute approximate surface area is 104 Å². The molecule has 1 aromatic carbocycles. The van der Waals surface area contributed by atoms with Crippen LogP contribution in [0.2, 0.25) is 0 Å². The van der Waals surface area contributed by atoms with Gasteiger partial charge in [-0.1, -0.05) is 0 Å². The van der Waals surface area contributed by atoms with Crippen LogP contribution in [-0.4, -0.2) is 16.1 Å². The van der Waals surface area contributed by atoms with Gasteiger partial charge in [0.05, 0.1) is 11.5 Å². The predicted molar refractivity (Wildman–Crippen MR) is 57.5 cm³/mol. The number of carboxylic acid groups (broad SMARTS) is 1. The van der Waals surface area contributed by atoms with Gasteiger partial charge in [0, 0.05) is 5.92 Å². The van der Waals surface area contributed by atoms with Gasteiger partial charge in [0.2, 0.25) is 0 Å². The summed E-state index contributed by atoms with van der Waals surface area (Å²) in [6, 6.07) is 3.02. The number of hydrogen-bond donors (Lipinski definition) is 1. The Bertz CT molecular complexity index is 662. The smallest absolute Gasteiger partial charge is 0.416 e. The van der Waals surface area contributed by atoms with E-state index in [0.29, 0.717) is 6.42 Å². The molecule has 1 aliphatic carbocycles. The largest absolute Gasteiger partial charge is 0.481 e. The molecule has 2 aromatic rings. The normalized spacial score (nSPS) is 22.7. The Morgan fingerprint density at radius 3 is 2.74 bits per heavy atom. The lowest BCUT2D eigenvalue weighted by Gasteiger charge is -2.04. The van der Waals surface area contributed by atoms with Crippen molar-refractivity contribution in [3.05, 3.63) is 29.7 Å². The zero-order chi connectivity index (χ0) is 13.8. The zero-order valence-electron chi connectivity index (χ0n) is 9.44. The maximum absolute atomic E-state index is 12.5. The first-order valence-corrected chi connectivity index (χ1v) is 5.57. The molecule has 0 saturated heterocycles. The summed E-state index contributed by atoms with van der Waals surface area (Å²) in [6.07, 6.45) is -4.02.